The molecule has 1 fully saturated rings. The third-order valence-corrected chi connectivity index (χ3v) is 7.26. The number of ketones is 1. The maximum Gasteiger partial charge on any atom is 0.229 e. The third kappa shape index (κ3) is 5.17. The molecule has 0 amide bonds. The quantitative estimate of drug-likeness (QED) is 0.327. The van der Waals surface area contributed by atoms with Crippen molar-refractivity contribution in [3.8, 4) is 0 Å². The van der Waals surface area contributed by atoms with Crippen molar-refractivity contribution in [3.63, 3.8) is 0 Å². The van der Waals surface area contributed by atoms with Crippen molar-refractivity contribution in [3.05, 3.63) is 41.6 Å². The molecule has 5 rings (SSSR count). The SMILES string of the molecule is Cc1ncc(C(=O)CCCN2CCC[C@@H]2C)cc1Nc1nn(C)c2nc(Nc3cnn(C)c3C)ncc12. The van der Waals surface area contributed by atoms with E-state index in [-0.39, 0.29) is 5.78 Å². The molecule has 1 saturated heterocycles. The zero-order valence-corrected chi connectivity index (χ0v) is 22.1. The molecule has 0 radical (unpaired) electrons. The predicted octanol–water partition coefficient (Wildman–Crippen LogP) is 4.04. The molecule has 1 aliphatic heterocycles. The van der Waals surface area contributed by atoms with E-state index in [2.05, 4.69) is 47.6 Å². The van der Waals surface area contributed by atoms with E-state index < -0.39 is 0 Å². The van der Waals surface area contributed by atoms with Crippen LogP contribution in [-0.2, 0) is 14.1 Å². The maximum atomic E-state index is 12.9. The minimum atomic E-state index is 0.109. The molecule has 1 atom stereocenters. The monoisotopic (exact) mass is 502 g/mol. The minimum Gasteiger partial charge on any atom is -0.337 e. The lowest BCUT2D eigenvalue weighted by molar-refractivity contribution is 0.0973. The topological polar surface area (TPSA) is 119 Å². The summed E-state index contributed by atoms with van der Waals surface area (Å²) in [6, 6.07) is 2.49. The highest BCUT2D eigenvalue weighted by Crippen LogP contribution is 2.27. The first-order valence-electron chi connectivity index (χ1n) is 12.8. The van der Waals surface area contributed by atoms with Crippen LogP contribution in [0, 0.1) is 13.8 Å². The molecule has 0 saturated carbocycles. The van der Waals surface area contributed by atoms with Crippen molar-refractivity contribution in [1.82, 2.24) is 39.4 Å². The van der Waals surface area contributed by atoms with Crippen LogP contribution in [0.5, 0.6) is 0 Å². The predicted molar refractivity (Wildman–Crippen MR) is 144 cm³/mol. The van der Waals surface area contributed by atoms with Gasteiger partial charge in [0.1, 0.15) is 0 Å². The first-order valence-corrected chi connectivity index (χ1v) is 12.8. The average Bonchev–Trinajstić information content (AvgIpc) is 3.53. The van der Waals surface area contributed by atoms with Gasteiger partial charge in [-0.3, -0.25) is 14.5 Å². The van der Waals surface area contributed by atoms with E-state index in [4.69, 9.17) is 0 Å². The highest BCUT2D eigenvalue weighted by molar-refractivity contribution is 5.97. The molecule has 0 aliphatic carbocycles. The number of hydrogen-bond donors (Lipinski definition) is 2. The molecule has 2 N–H and O–H groups in total. The van der Waals surface area contributed by atoms with Crippen LogP contribution in [0.4, 0.5) is 23.1 Å². The van der Waals surface area contributed by atoms with Gasteiger partial charge in [-0.1, -0.05) is 0 Å². The first-order chi connectivity index (χ1) is 17.8. The Bertz CT molecular complexity index is 1440. The van der Waals surface area contributed by atoms with Crippen LogP contribution in [0.2, 0.25) is 0 Å². The summed E-state index contributed by atoms with van der Waals surface area (Å²) in [5.74, 6) is 1.18. The number of aromatic nitrogens is 7. The minimum absolute atomic E-state index is 0.109. The van der Waals surface area contributed by atoms with E-state index in [0.29, 0.717) is 35.4 Å². The van der Waals surface area contributed by atoms with Crippen LogP contribution >= 0.6 is 0 Å². The summed E-state index contributed by atoms with van der Waals surface area (Å²) in [6.45, 7) is 8.25. The molecule has 4 aromatic rings. The lowest BCUT2D eigenvalue weighted by Crippen LogP contribution is -2.28. The summed E-state index contributed by atoms with van der Waals surface area (Å²) in [7, 11) is 3.73. The number of nitrogens with zero attached hydrogens (tertiary/aromatic N) is 8. The van der Waals surface area contributed by atoms with E-state index >= 15 is 0 Å². The lowest BCUT2D eigenvalue weighted by Gasteiger charge is -2.20. The Morgan fingerprint density at radius 3 is 2.65 bits per heavy atom. The second-order valence-electron chi connectivity index (χ2n) is 9.83. The Morgan fingerprint density at radius 1 is 1.08 bits per heavy atom. The number of pyridine rings is 1. The number of rotatable bonds is 9. The standard InChI is InChI=1S/C26H34N10O/c1-16-8-6-10-36(16)11-7-9-23(37)19-12-21(17(2)27-13-19)30-24-20-14-28-26(32-25(20)35(5)33-24)31-22-15-29-34(4)18(22)3/h12-16H,6-11H2,1-5H3,(H,30,33)(H,28,31,32)/t16-/m0/s1. The van der Waals surface area contributed by atoms with E-state index in [1.165, 1.54) is 12.8 Å². The average molecular weight is 503 g/mol. The first kappa shape index (κ1) is 24.8. The fraction of sp³-hybridized carbons (Fsp3) is 0.462. The van der Waals surface area contributed by atoms with Crippen molar-refractivity contribution in [1.29, 1.82) is 0 Å². The Hall–Kier alpha value is -3.86. The summed E-state index contributed by atoms with van der Waals surface area (Å²) in [4.78, 5) is 29.0. The van der Waals surface area contributed by atoms with Crippen LogP contribution in [0.3, 0.4) is 0 Å². The maximum absolute atomic E-state index is 12.9. The van der Waals surface area contributed by atoms with Gasteiger partial charge in [0.05, 0.1) is 34.3 Å². The molecule has 37 heavy (non-hydrogen) atoms. The van der Waals surface area contributed by atoms with Crippen molar-refractivity contribution >= 4 is 40.0 Å². The van der Waals surface area contributed by atoms with Crippen molar-refractivity contribution in [2.24, 2.45) is 14.1 Å². The number of fused-ring (bicyclic) bond motifs is 1. The van der Waals surface area contributed by atoms with E-state index in [1.54, 1.807) is 28.0 Å². The van der Waals surface area contributed by atoms with Crippen LogP contribution < -0.4 is 10.6 Å². The fourth-order valence-electron chi connectivity index (χ4n) is 4.78. The summed E-state index contributed by atoms with van der Waals surface area (Å²) >= 11 is 0. The second-order valence-corrected chi connectivity index (χ2v) is 9.83. The molecule has 1 aliphatic rings. The number of aryl methyl sites for hydroxylation is 3. The highest BCUT2D eigenvalue weighted by Gasteiger charge is 2.20. The zero-order chi connectivity index (χ0) is 26.1. The lowest BCUT2D eigenvalue weighted by atomic mass is 10.1. The van der Waals surface area contributed by atoms with Gasteiger partial charge >= 0.3 is 0 Å². The summed E-state index contributed by atoms with van der Waals surface area (Å²) < 4.78 is 3.49. The molecular formula is C26H34N10O. The number of carbonyl (C=O) groups is 1. The van der Waals surface area contributed by atoms with Gasteiger partial charge in [0.25, 0.3) is 0 Å². The van der Waals surface area contributed by atoms with Gasteiger partial charge in [0.15, 0.2) is 17.2 Å². The third-order valence-electron chi connectivity index (χ3n) is 7.26. The Labute approximate surface area is 216 Å². The van der Waals surface area contributed by atoms with Crippen molar-refractivity contribution in [2.75, 3.05) is 23.7 Å². The molecule has 11 nitrogen and oxygen atoms in total. The summed E-state index contributed by atoms with van der Waals surface area (Å²) in [5, 5.41) is 16.2. The van der Waals surface area contributed by atoms with Crippen molar-refractivity contribution in [2.45, 2.75) is 52.5 Å². The van der Waals surface area contributed by atoms with E-state index in [1.807, 2.05) is 34.0 Å². The molecule has 0 aromatic carbocycles. The van der Waals surface area contributed by atoms with Gasteiger partial charge < -0.3 is 15.5 Å². The fourth-order valence-corrected chi connectivity index (χ4v) is 4.78. The number of likely N-dealkylation sites (tertiary alicyclic amines) is 1. The van der Waals surface area contributed by atoms with E-state index in [9.17, 15) is 4.79 Å². The van der Waals surface area contributed by atoms with Crippen LogP contribution in [0.15, 0.2) is 24.7 Å². The smallest absolute Gasteiger partial charge is 0.229 e. The van der Waals surface area contributed by atoms with Crippen LogP contribution in [0.25, 0.3) is 11.0 Å². The molecule has 5 heterocycles. The normalized spacial score (nSPS) is 16.0. The molecular weight excluding hydrogens is 468 g/mol. The van der Waals surface area contributed by atoms with Gasteiger partial charge in [-0.2, -0.15) is 15.2 Å². The number of hydrogen-bond acceptors (Lipinski definition) is 9. The number of nitrogens with one attached hydrogen (secondary N) is 2. The Balaban J connectivity index is 1.30. The zero-order valence-electron chi connectivity index (χ0n) is 22.1. The van der Waals surface area contributed by atoms with Gasteiger partial charge in [0.2, 0.25) is 5.95 Å². The summed E-state index contributed by atoms with van der Waals surface area (Å²) in [6.07, 6.45) is 9.02. The van der Waals surface area contributed by atoms with Gasteiger partial charge in [-0.25, -0.2) is 9.67 Å². The molecule has 194 valence electrons. The number of anilines is 4. The molecule has 0 unspecified atom stereocenters. The van der Waals surface area contributed by atoms with Gasteiger partial charge in [-0.05, 0) is 59.2 Å². The number of Topliss-reactive ketones (excluding diaryl/α,β-unsaturated/α-hetero) is 1. The molecule has 0 bridgehead atoms. The second kappa shape index (κ2) is 10.3. The molecule has 0 spiro atoms. The number of carbonyl (C=O) groups excluding carboxylic acids is 1. The Morgan fingerprint density at radius 2 is 1.92 bits per heavy atom. The van der Waals surface area contributed by atoms with Crippen molar-refractivity contribution < 1.29 is 4.79 Å². The summed E-state index contributed by atoms with van der Waals surface area (Å²) in [5.41, 5.74) is 4.65. The Kier molecular flexibility index (Phi) is 6.88. The highest BCUT2D eigenvalue weighted by atomic mass is 16.1. The van der Waals surface area contributed by atoms with E-state index in [0.717, 1.165) is 47.7 Å². The molecule has 11 heteroatoms. The van der Waals surface area contributed by atoms with Gasteiger partial charge in [-0.15, -0.1) is 0 Å². The molecule has 4 aromatic heterocycles. The largest absolute Gasteiger partial charge is 0.337 e. The van der Waals surface area contributed by atoms with Crippen LogP contribution in [0.1, 0.15) is 54.4 Å². The van der Waals surface area contributed by atoms with Gasteiger partial charge in [0, 0.05) is 44.5 Å². The van der Waals surface area contributed by atoms with Crippen LogP contribution in [-0.4, -0.2) is 64.3 Å².